The average molecular weight is 464 g/mol. The summed E-state index contributed by atoms with van der Waals surface area (Å²) >= 11 is 0. The molecule has 172 valence electrons. The Balaban J connectivity index is 2.30. The third-order valence-electron chi connectivity index (χ3n) is 4.79. The Kier molecular flexibility index (Phi) is 6.95. The molecule has 0 aliphatic heterocycles. The second kappa shape index (κ2) is 9.52. The number of hydrogen-bond acceptors (Lipinski definition) is 2. The van der Waals surface area contributed by atoms with Crippen molar-refractivity contribution in [2.24, 2.45) is 0 Å². The van der Waals surface area contributed by atoms with Crippen molar-refractivity contribution in [3.63, 3.8) is 0 Å². The number of carbonyl (C=O) groups is 1. The normalized spacial score (nSPS) is 11.7. The van der Waals surface area contributed by atoms with Crippen LogP contribution in [0.15, 0.2) is 78.9 Å². The lowest BCUT2D eigenvalue weighted by molar-refractivity contribution is -0.138. The molecular formula is C25H18F6O2. The van der Waals surface area contributed by atoms with Crippen molar-refractivity contribution in [2.75, 3.05) is 6.61 Å². The molecule has 0 unspecified atom stereocenters. The van der Waals surface area contributed by atoms with Crippen LogP contribution in [0.1, 0.15) is 34.7 Å². The van der Waals surface area contributed by atoms with Crippen LogP contribution in [0.25, 0.3) is 11.1 Å². The topological polar surface area (TPSA) is 26.3 Å². The number of alkyl halides is 6. The molecule has 0 saturated heterocycles. The second-order valence-corrected chi connectivity index (χ2v) is 6.99. The van der Waals surface area contributed by atoms with Crippen LogP contribution < -0.4 is 0 Å². The molecule has 0 radical (unpaired) electrons. The van der Waals surface area contributed by atoms with Crippen LogP contribution >= 0.6 is 0 Å². The summed E-state index contributed by atoms with van der Waals surface area (Å²) in [7, 11) is 0. The van der Waals surface area contributed by atoms with Crippen molar-refractivity contribution in [1.82, 2.24) is 0 Å². The van der Waals surface area contributed by atoms with E-state index in [0.29, 0.717) is 5.56 Å². The van der Waals surface area contributed by atoms with Gasteiger partial charge in [0.1, 0.15) is 0 Å². The Labute approximate surface area is 186 Å². The van der Waals surface area contributed by atoms with E-state index in [9.17, 15) is 31.1 Å². The van der Waals surface area contributed by atoms with Crippen molar-refractivity contribution in [2.45, 2.75) is 19.3 Å². The molecule has 8 heteroatoms. The van der Waals surface area contributed by atoms with Crippen LogP contribution in [0.5, 0.6) is 0 Å². The summed E-state index contributed by atoms with van der Waals surface area (Å²) in [6, 6.07) is 16.4. The van der Waals surface area contributed by atoms with Gasteiger partial charge in [0.05, 0.1) is 23.3 Å². The van der Waals surface area contributed by atoms with Gasteiger partial charge in [0.15, 0.2) is 0 Å². The molecule has 0 amide bonds. The number of hydrogen-bond donors (Lipinski definition) is 0. The van der Waals surface area contributed by atoms with E-state index in [1.54, 1.807) is 37.3 Å². The minimum absolute atomic E-state index is 0.0250. The fourth-order valence-electron chi connectivity index (χ4n) is 3.28. The highest BCUT2D eigenvalue weighted by Crippen LogP contribution is 2.37. The lowest BCUT2D eigenvalue weighted by Gasteiger charge is -2.17. The van der Waals surface area contributed by atoms with Gasteiger partial charge < -0.3 is 4.74 Å². The highest BCUT2D eigenvalue weighted by molar-refractivity contribution is 6.26. The lowest BCUT2D eigenvalue weighted by atomic mass is 9.88. The summed E-state index contributed by atoms with van der Waals surface area (Å²) in [5.41, 5.74) is -0.764. The molecule has 0 saturated carbocycles. The first kappa shape index (κ1) is 24.1. The molecule has 3 aromatic carbocycles. The zero-order valence-corrected chi connectivity index (χ0v) is 17.3. The molecule has 0 aromatic heterocycles. The van der Waals surface area contributed by atoms with E-state index in [0.717, 1.165) is 24.3 Å². The average Bonchev–Trinajstić information content (AvgIpc) is 2.77. The van der Waals surface area contributed by atoms with Crippen LogP contribution in [0, 0.1) is 0 Å². The van der Waals surface area contributed by atoms with Crippen LogP contribution in [0.4, 0.5) is 26.3 Å². The number of ether oxygens (including phenoxy) is 1. The summed E-state index contributed by atoms with van der Waals surface area (Å²) in [5.74, 6) is -0.751. The number of halogens is 6. The Morgan fingerprint density at radius 1 is 0.667 bits per heavy atom. The van der Waals surface area contributed by atoms with Crippen molar-refractivity contribution in [1.29, 1.82) is 0 Å². The summed E-state index contributed by atoms with van der Waals surface area (Å²) < 4.78 is 83.5. The zero-order chi connectivity index (χ0) is 24.2. The Hall–Kier alpha value is -3.55. The van der Waals surface area contributed by atoms with Crippen molar-refractivity contribution in [3.8, 4) is 0 Å². The van der Waals surface area contributed by atoms with E-state index < -0.39 is 29.4 Å². The molecule has 0 atom stereocenters. The summed E-state index contributed by atoms with van der Waals surface area (Å²) in [4.78, 5) is 12.9. The summed E-state index contributed by atoms with van der Waals surface area (Å²) in [6.07, 6.45) is -9.14. The van der Waals surface area contributed by atoms with E-state index in [2.05, 4.69) is 0 Å². The fourth-order valence-corrected chi connectivity index (χ4v) is 3.28. The van der Waals surface area contributed by atoms with Crippen LogP contribution in [0.2, 0.25) is 0 Å². The smallest absolute Gasteiger partial charge is 0.416 e. The molecule has 3 aromatic rings. The van der Waals surface area contributed by atoms with E-state index in [4.69, 9.17) is 4.74 Å². The van der Waals surface area contributed by atoms with Crippen molar-refractivity contribution >= 4 is 17.1 Å². The van der Waals surface area contributed by atoms with Gasteiger partial charge in [-0.25, -0.2) is 4.79 Å². The Morgan fingerprint density at radius 2 is 1.09 bits per heavy atom. The first-order chi connectivity index (χ1) is 15.5. The van der Waals surface area contributed by atoms with E-state index in [1.165, 1.54) is 24.3 Å². The van der Waals surface area contributed by atoms with Gasteiger partial charge in [-0.15, -0.1) is 0 Å². The Bertz CT molecular complexity index is 1070. The van der Waals surface area contributed by atoms with Gasteiger partial charge in [0.25, 0.3) is 0 Å². The summed E-state index contributed by atoms with van der Waals surface area (Å²) in [5, 5.41) is 0. The first-order valence-corrected chi connectivity index (χ1v) is 9.84. The van der Waals surface area contributed by atoms with E-state index in [1.807, 2.05) is 0 Å². The number of benzene rings is 3. The molecule has 0 spiro atoms. The molecule has 0 bridgehead atoms. The molecule has 0 heterocycles. The third-order valence-corrected chi connectivity index (χ3v) is 4.79. The molecule has 0 fully saturated rings. The van der Waals surface area contributed by atoms with Gasteiger partial charge >= 0.3 is 18.3 Å². The van der Waals surface area contributed by atoms with E-state index in [-0.39, 0.29) is 28.9 Å². The van der Waals surface area contributed by atoms with Crippen LogP contribution in [-0.4, -0.2) is 12.6 Å². The van der Waals surface area contributed by atoms with Gasteiger partial charge in [-0.2, -0.15) is 26.3 Å². The molecule has 0 N–H and O–H groups in total. The highest BCUT2D eigenvalue weighted by Gasteiger charge is 2.32. The maximum atomic E-state index is 13.1. The number of rotatable bonds is 5. The second-order valence-electron chi connectivity index (χ2n) is 6.99. The maximum Gasteiger partial charge on any atom is 0.416 e. The van der Waals surface area contributed by atoms with Gasteiger partial charge in [-0.3, -0.25) is 0 Å². The maximum absolute atomic E-state index is 13.1. The van der Waals surface area contributed by atoms with E-state index >= 15 is 0 Å². The quantitative estimate of drug-likeness (QED) is 0.172. The molecule has 0 aliphatic carbocycles. The van der Waals surface area contributed by atoms with Crippen molar-refractivity contribution < 1.29 is 35.9 Å². The van der Waals surface area contributed by atoms with Crippen LogP contribution in [0.3, 0.4) is 0 Å². The highest BCUT2D eigenvalue weighted by atomic mass is 19.4. The molecule has 2 nitrogen and oxygen atoms in total. The van der Waals surface area contributed by atoms with Gasteiger partial charge in [0, 0.05) is 5.57 Å². The minimum atomic E-state index is -4.57. The number of carbonyl (C=O) groups excluding carboxylic acids is 1. The van der Waals surface area contributed by atoms with Gasteiger partial charge in [-0.1, -0.05) is 54.6 Å². The predicted octanol–water partition coefficient (Wildman–Crippen LogP) is 7.25. The molecule has 3 rings (SSSR count). The third kappa shape index (κ3) is 5.63. The number of esters is 1. The van der Waals surface area contributed by atoms with Crippen LogP contribution in [-0.2, 0) is 21.9 Å². The fraction of sp³-hybridized carbons (Fsp3) is 0.160. The molecular weight excluding hydrogens is 446 g/mol. The minimum Gasteiger partial charge on any atom is -0.462 e. The standard InChI is InChI=1S/C25H18F6O2/c1-2-33-23(32)22(16-6-4-3-5-7-16)21(17-8-12-19(13-9-17)24(26,27)28)18-10-14-20(15-11-18)25(29,30)31/h3-15H,2H2,1H3. The van der Waals surface area contributed by atoms with Gasteiger partial charge in [-0.05, 0) is 47.9 Å². The molecule has 33 heavy (non-hydrogen) atoms. The largest absolute Gasteiger partial charge is 0.462 e. The predicted molar refractivity (Wildman–Crippen MR) is 112 cm³/mol. The Morgan fingerprint density at radius 3 is 1.45 bits per heavy atom. The molecule has 0 aliphatic rings. The monoisotopic (exact) mass is 464 g/mol. The van der Waals surface area contributed by atoms with Crippen molar-refractivity contribution in [3.05, 3.63) is 107 Å². The lowest BCUT2D eigenvalue weighted by Crippen LogP contribution is -2.11. The SMILES string of the molecule is CCOC(=O)C(=C(c1ccc(C(F)(F)F)cc1)c1ccc(C(F)(F)F)cc1)c1ccccc1. The zero-order valence-electron chi connectivity index (χ0n) is 17.3. The van der Waals surface area contributed by atoms with Gasteiger partial charge in [0.2, 0.25) is 0 Å². The summed E-state index contributed by atoms with van der Waals surface area (Å²) in [6.45, 7) is 1.62. The first-order valence-electron chi connectivity index (χ1n) is 9.84.